The molecule has 0 aliphatic rings. The summed E-state index contributed by atoms with van der Waals surface area (Å²) in [5.74, 6) is 1.00. The molecule has 1 atom stereocenters. The van der Waals surface area contributed by atoms with Crippen LogP contribution in [0.5, 0.6) is 5.75 Å². The van der Waals surface area contributed by atoms with E-state index in [0.717, 1.165) is 18.6 Å². The first-order chi connectivity index (χ1) is 7.15. The van der Waals surface area contributed by atoms with Crippen LogP contribution in [-0.2, 0) is 6.42 Å². The van der Waals surface area contributed by atoms with E-state index in [0.29, 0.717) is 6.04 Å². The maximum absolute atomic E-state index is 5.32. The van der Waals surface area contributed by atoms with E-state index in [1.54, 1.807) is 7.11 Å². The zero-order chi connectivity index (χ0) is 11.3. The van der Waals surface area contributed by atoms with Crippen molar-refractivity contribution in [1.29, 1.82) is 0 Å². The Bertz CT molecular complexity index is 296. The van der Waals surface area contributed by atoms with E-state index in [-0.39, 0.29) is 0 Å². The zero-order valence-corrected chi connectivity index (χ0v) is 10.2. The van der Waals surface area contributed by atoms with E-state index in [4.69, 9.17) is 4.74 Å². The maximum Gasteiger partial charge on any atom is 0.122 e. The Morgan fingerprint density at radius 2 is 1.93 bits per heavy atom. The van der Waals surface area contributed by atoms with Gasteiger partial charge in [0.05, 0.1) is 7.11 Å². The lowest BCUT2D eigenvalue weighted by molar-refractivity contribution is 0.298. The minimum Gasteiger partial charge on any atom is -0.496 e. The molecule has 1 aromatic carbocycles. The molecular formula is C13H21NO. The molecule has 0 radical (unpaired) electrons. The Morgan fingerprint density at radius 3 is 2.53 bits per heavy atom. The molecule has 0 aliphatic carbocycles. The lowest BCUT2D eigenvalue weighted by Crippen LogP contribution is -2.24. The molecule has 1 rings (SSSR count). The number of nitrogens with zero attached hydrogens (tertiary/aromatic N) is 1. The van der Waals surface area contributed by atoms with Gasteiger partial charge in [0, 0.05) is 6.04 Å². The van der Waals surface area contributed by atoms with Crippen LogP contribution in [0.3, 0.4) is 0 Å². The highest BCUT2D eigenvalue weighted by Gasteiger charge is 2.07. The number of aryl methyl sites for hydroxylation is 1. The van der Waals surface area contributed by atoms with Gasteiger partial charge < -0.3 is 9.64 Å². The minimum absolute atomic E-state index is 0.606. The van der Waals surface area contributed by atoms with Gasteiger partial charge in [-0.1, -0.05) is 18.2 Å². The standard InChI is InChI=1S/C13H21NO/c1-11(14(2)3)9-10-12-7-5-6-8-13(12)15-4/h5-8,11H,9-10H2,1-4H3. The molecule has 0 spiro atoms. The first-order valence-electron chi connectivity index (χ1n) is 5.43. The van der Waals surface area contributed by atoms with E-state index in [9.17, 15) is 0 Å². The SMILES string of the molecule is COc1ccccc1CCC(C)N(C)C. The molecule has 0 N–H and O–H groups in total. The second-order valence-electron chi connectivity index (χ2n) is 4.16. The Morgan fingerprint density at radius 1 is 1.27 bits per heavy atom. The third kappa shape index (κ3) is 3.56. The molecule has 0 aliphatic heterocycles. The van der Waals surface area contributed by atoms with Crippen molar-refractivity contribution in [2.45, 2.75) is 25.8 Å². The number of hydrogen-bond acceptors (Lipinski definition) is 2. The van der Waals surface area contributed by atoms with Gasteiger partial charge in [0.15, 0.2) is 0 Å². The highest BCUT2D eigenvalue weighted by Crippen LogP contribution is 2.19. The summed E-state index contributed by atoms with van der Waals surface area (Å²) >= 11 is 0. The van der Waals surface area contributed by atoms with Crippen LogP contribution in [0.25, 0.3) is 0 Å². The van der Waals surface area contributed by atoms with E-state index in [2.05, 4.69) is 38.1 Å². The summed E-state index contributed by atoms with van der Waals surface area (Å²) in [6, 6.07) is 8.85. The molecule has 0 fully saturated rings. The van der Waals surface area contributed by atoms with Crippen LogP contribution in [0.1, 0.15) is 18.9 Å². The normalized spacial score (nSPS) is 12.9. The van der Waals surface area contributed by atoms with E-state index >= 15 is 0 Å². The highest BCUT2D eigenvalue weighted by molar-refractivity contribution is 5.33. The van der Waals surface area contributed by atoms with Crippen LogP contribution in [0.15, 0.2) is 24.3 Å². The second-order valence-corrected chi connectivity index (χ2v) is 4.16. The molecule has 0 saturated heterocycles. The first-order valence-corrected chi connectivity index (χ1v) is 5.43. The summed E-state index contributed by atoms with van der Waals surface area (Å²) in [4.78, 5) is 2.25. The van der Waals surface area contributed by atoms with Crippen LogP contribution in [-0.4, -0.2) is 32.1 Å². The first kappa shape index (κ1) is 12.1. The summed E-state index contributed by atoms with van der Waals surface area (Å²) in [5.41, 5.74) is 1.30. The molecule has 0 heterocycles. The summed E-state index contributed by atoms with van der Waals surface area (Å²) < 4.78 is 5.32. The number of ether oxygens (including phenoxy) is 1. The monoisotopic (exact) mass is 207 g/mol. The van der Waals surface area contributed by atoms with Crippen molar-refractivity contribution in [3.63, 3.8) is 0 Å². The summed E-state index contributed by atoms with van der Waals surface area (Å²) in [5, 5.41) is 0. The minimum atomic E-state index is 0.606. The van der Waals surface area contributed by atoms with Crippen molar-refractivity contribution in [1.82, 2.24) is 4.90 Å². The largest absolute Gasteiger partial charge is 0.496 e. The number of hydrogen-bond donors (Lipinski definition) is 0. The average molecular weight is 207 g/mol. The summed E-state index contributed by atoms with van der Waals surface area (Å²) in [6.45, 7) is 2.25. The van der Waals surface area contributed by atoms with Gasteiger partial charge in [-0.3, -0.25) is 0 Å². The number of para-hydroxylation sites is 1. The van der Waals surface area contributed by atoms with Crippen LogP contribution in [0.2, 0.25) is 0 Å². The lowest BCUT2D eigenvalue weighted by Gasteiger charge is -2.19. The Balaban J connectivity index is 2.57. The van der Waals surface area contributed by atoms with Gasteiger partial charge in [0.25, 0.3) is 0 Å². The van der Waals surface area contributed by atoms with E-state index in [1.807, 2.05) is 12.1 Å². The summed E-state index contributed by atoms with van der Waals surface area (Å²) in [7, 11) is 5.97. The van der Waals surface area contributed by atoms with Crippen molar-refractivity contribution in [2.75, 3.05) is 21.2 Å². The van der Waals surface area contributed by atoms with Gasteiger partial charge in [-0.25, -0.2) is 0 Å². The molecule has 1 unspecified atom stereocenters. The molecule has 84 valence electrons. The number of methoxy groups -OCH3 is 1. The molecule has 15 heavy (non-hydrogen) atoms. The van der Waals surface area contributed by atoms with Crippen molar-refractivity contribution in [3.8, 4) is 5.75 Å². The fraction of sp³-hybridized carbons (Fsp3) is 0.538. The zero-order valence-electron chi connectivity index (χ0n) is 10.2. The predicted molar refractivity (Wildman–Crippen MR) is 64.5 cm³/mol. The second kappa shape index (κ2) is 5.76. The smallest absolute Gasteiger partial charge is 0.122 e. The van der Waals surface area contributed by atoms with Crippen molar-refractivity contribution in [3.05, 3.63) is 29.8 Å². The molecule has 2 heteroatoms. The van der Waals surface area contributed by atoms with E-state index < -0.39 is 0 Å². The van der Waals surface area contributed by atoms with Gasteiger partial charge in [0.1, 0.15) is 5.75 Å². The highest BCUT2D eigenvalue weighted by atomic mass is 16.5. The number of rotatable bonds is 5. The molecular weight excluding hydrogens is 186 g/mol. The third-order valence-corrected chi connectivity index (χ3v) is 2.91. The predicted octanol–water partition coefficient (Wildman–Crippen LogP) is 2.58. The Hall–Kier alpha value is -1.02. The third-order valence-electron chi connectivity index (χ3n) is 2.91. The molecule has 0 saturated carbocycles. The van der Waals surface area contributed by atoms with Gasteiger partial charge in [-0.2, -0.15) is 0 Å². The molecule has 2 nitrogen and oxygen atoms in total. The lowest BCUT2D eigenvalue weighted by atomic mass is 10.0. The van der Waals surface area contributed by atoms with Crippen molar-refractivity contribution in [2.24, 2.45) is 0 Å². The number of benzene rings is 1. The van der Waals surface area contributed by atoms with E-state index in [1.165, 1.54) is 5.56 Å². The fourth-order valence-electron chi connectivity index (χ4n) is 1.53. The van der Waals surface area contributed by atoms with Crippen molar-refractivity contribution < 1.29 is 4.74 Å². The quantitative estimate of drug-likeness (QED) is 0.736. The van der Waals surface area contributed by atoms with Gasteiger partial charge in [-0.15, -0.1) is 0 Å². The average Bonchev–Trinajstić information content (AvgIpc) is 2.26. The van der Waals surface area contributed by atoms with Gasteiger partial charge in [-0.05, 0) is 45.5 Å². The van der Waals surface area contributed by atoms with Crippen molar-refractivity contribution >= 4 is 0 Å². The summed E-state index contributed by atoms with van der Waals surface area (Å²) in [6.07, 6.45) is 2.23. The van der Waals surface area contributed by atoms with Crippen LogP contribution in [0, 0.1) is 0 Å². The molecule has 0 amide bonds. The molecule has 1 aromatic rings. The fourth-order valence-corrected chi connectivity index (χ4v) is 1.53. The van der Waals surface area contributed by atoms with Crippen LogP contribution >= 0.6 is 0 Å². The molecule has 0 aromatic heterocycles. The maximum atomic E-state index is 5.32. The Labute approximate surface area is 92.9 Å². The van der Waals surface area contributed by atoms with Gasteiger partial charge in [0.2, 0.25) is 0 Å². The van der Waals surface area contributed by atoms with Gasteiger partial charge >= 0.3 is 0 Å². The van der Waals surface area contributed by atoms with Crippen LogP contribution in [0.4, 0.5) is 0 Å². The van der Waals surface area contributed by atoms with Crippen LogP contribution < -0.4 is 4.74 Å². The topological polar surface area (TPSA) is 12.5 Å². The molecule has 0 bridgehead atoms. The Kier molecular flexibility index (Phi) is 4.63.